The van der Waals surface area contributed by atoms with E-state index in [2.05, 4.69) is 9.80 Å². The maximum Gasteiger partial charge on any atom is 0.490 e. The van der Waals surface area contributed by atoms with E-state index < -0.39 is 12.1 Å². The van der Waals surface area contributed by atoms with Crippen LogP contribution in [-0.4, -0.2) is 58.1 Å². The van der Waals surface area contributed by atoms with Crippen LogP contribution in [0.1, 0.15) is 44.1 Å². The van der Waals surface area contributed by atoms with Crippen LogP contribution in [-0.2, 0) is 16.1 Å². The third-order valence-electron chi connectivity index (χ3n) is 6.20. The van der Waals surface area contributed by atoms with Crippen molar-refractivity contribution in [3.63, 3.8) is 0 Å². The Kier molecular flexibility index (Phi) is 6.69. The van der Waals surface area contributed by atoms with E-state index in [1.165, 1.54) is 18.4 Å². The van der Waals surface area contributed by atoms with Gasteiger partial charge in [0.05, 0.1) is 0 Å². The summed E-state index contributed by atoms with van der Waals surface area (Å²) in [7, 11) is 0. The lowest BCUT2D eigenvalue weighted by Gasteiger charge is -2.45. The average molecular weight is 430 g/mol. The summed E-state index contributed by atoms with van der Waals surface area (Å²) >= 11 is 0. The van der Waals surface area contributed by atoms with Crippen LogP contribution in [0.15, 0.2) is 24.3 Å². The lowest BCUT2D eigenvalue weighted by atomic mass is 9.84. The Hall–Kier alpha value is -2.16. The molecule has 0 bridgehead atoms. The number of nitrogens with zero attached hydrogens (tertiary/aromatic N) is 2. The fraction of sp³-hybridized carbons (Fsp3) is 0.619. The number of alkyl halides is 3. The summed E-state index contributed by atoms with van der Waals surface area (Å²) in [6.45, 7) is 3.84. The second-order valence-electron chi connectivity index (χ2n) is 8.28. The molecule has 0 aromatic heterocycles. The number of hydrogen-bond donors (Lipinski definition) is 1. The summed E-state index contributed by atoms with van der Waals surface area (Å²) < 4.78 is 44.8. The van der Waals surface area contributed by atoms with Gasteiger partial charge in [0.1, 0.15) is 5.82 Å². The number of carboxylic acids is 1. The number of carbonyl (C=O) groups is 2. The molecule has 1 spiro atoms. The molecule has 1 amide bonds. The third kappa shape index (κ3) is 5.50. The molecule has 166 valence electrons. The summed E-state index contributed by atoms with van der Waals surface area (Å²) in [5, 5.41) is 7.12. The molecule has 1 aromatic rings. The smallest absolute Gasteiger partial charge is 0.475 e. The number of rotatable bonds is 3. The van der Waals surface area contributed by atoms with E-state index in [0.717, 1.165) is 51.9 Å². The molecular weight excluding hydrogens is 404 g/mol. The molecule has 1 aliphatic carbocycles. The Labute approximate surface area is 172 Å². The van der Waals surface area contributed by atoms with Crippen LogP contribution in [0.4, 0.5) is 17.6 Å². The van der Waals surface area contributed by atoms with Gasteiger partial charge < -0.3 is 10.0 Å². The maximum absolute atomic E-state index is 13.1. The predicted molar refractivity (Wildman–Crippen MR) is 101 cm³/mol. The normalized spacial score (nSPS) is 21.3. The molecule has 0 atom stereocenters. The van der Waals surface area contributed by atoms with Crippen molar-refractivity contribution < 1.29 is 32.3 Å². The SMILES string of the molecule is O=C(C1CC1)N1CCC2(CCCN2Cc2ccc(F)cc2)CC1.O=C(O)C(F)(F)F. The van der Waals surface area contributed by atoms with Crippen LogP contribution >= 0.6 is 0 Å². The van der Waals surface area contributed by atoms with Crippen molar-refractivity contribution in [1.29, 1.82) is 0 Å². The van der Waals surface area contributed by atoms with Crippen LogP contribution in [0.2, 0.25) is 0 Å². The zero-order valence-electron chi connectivity index (χ0n) is 16.6. The first-order valence-corrected chi connectivity index (χ1v) is 10.2. The van der Waals surface area contributed by atoms with Gasteiger partial charge in [-0.2, -0.15) is 13.2 Å². The van der Waals surface area contributed by atoms with Gasteiger partial charge in [-0.15, -0.1) is 0 Å². The zero-order valence-corrected chi connectivity index (χ0v) is 16.6. The van der Waals surface area contributed by atoms with Crippen LogP contribution in [0.5, 0.6) is 0 Å². The number of aliphatic carboxylic acids is 1. The Morgan fingerprint density at radius 3 is 2.10 bits per heavy atom. The Balaban J connectivity index is 0.000000318. The number of hydrogen-bond acceptors (Lipinski definition) is 3. The summed E-state index contributed by atoms with van der Waals surface area (Å²) in [5.41, 5.74) is 1.44. The number of likely N-dealkylation sites (tertiary alicyclic amines) is 2. The molecule has 0 unspecified atom stereocenters. The molecule has 1 aromatic carbocycles. The fourth-order valence-corrected chi connectivity index (χ4v) is 4.35. The molecule has 2 heterocycles. The molecule has 30 heavy (non-hydrogen) atoms. The van der Waals surface area contributed by atoms with E-state index >= 15 is 0 Å². The van der Waals surface area contributed by atoms with Gasteiger partial charge in [-0.1, -0.05) is 12.1 Å². The summed E-state index contributed by atoms with van der Waals surface area (Å²) in [6, 6.07) is 6.89. The fourth-order valence-electron chi connectivity index (χ4n) is 4.35. The Morgan fingerprint density at radius 2 is 1.60 bits per heavy atom. The first-order valence-electron chi connectivity index (χ1n) is 10.2. The van der Waals surface area contributed by atoms with Crippen molar-refractivity contribution >= 4 is 11.9 Å². The molecular formula is C21H26F4N2O3. The number of benzene rings is 1. The van der Waals surface area contributed by atoms with Crippen LogP contribution in [0.25, 0.3) is 0 Å². The first-order chi connectivity index (χ1) is 14.1. The molecule has 1 saturated carbocycles. The number of carbonyl (C=O) groups excluding carboxylic acids is 1. The highest BCUT2D eigenvalue weighted by Gasteiger charge is 2.45. The molecule has 2 saturated heterocycles. The van der Waals surface area contributed by atoms with Gasteiger partial charge in [0, 0.05) is 31.1 Å². The van der Waals surface area contributed by atoms with Gasteiger partial charge in [0.2, 0.25) is 5.91 Å². The number of halogens is 4. The number of carboxylic acid groups (broad SMARTS) is 1. The summed E-state index contributed by atoms with van der Waals surface area (Å²) in [4.78, 5) is 25.8. The first kappa shape index (κ1) is 22.5. The lowest BCUT2D eigenvalue weighted by Crippen LogP contribution is -2.53. The van der Waals surface area contributed by atoms with Gasteiger partial charge in [-0.25, -0.2) is 9.18 Å². The minimum atomic E-state index is -5.08. The monoisotopic (exact) mass is 430 g/mol. The third-order valence-corrected chi connectivity index (χ3v) is 6.20. The van der Waals surface area contributed by atoms with E-state index in [1.54, 1.807) is 12.1 Å². The van der Waals surface area contributed by atoms with Crippen molar-refractivity contribution in [2.75, 3.05) is 19.6 Å². The van der Waals surface area contributed by atoms with Crippen molar-refractivity contribution in [3.05, 3.63) is 35.6 Å². The van der Waals surface area contributed by atoms with Gasteiger partial charge in [-0.05, 0) is 62.8 Å². The van der Waals surface area contributed by atoms with Gasteiger partial charge in [0.15, 0.2) is 0 Å². The number of amides is 1. The quantitative estimate of drug-likeness (QED) is 0.741. The highest BCUT2D eigenvalue weighted by atomic mass is 19.4. The van der Waals surface area contributed by atoms with Crippen molar-refractivity contribution in [3.8, 4) is 0 Å². The summed E-state index contributed by atoms with van der Waals surface area (Å²) in [5.74, 6) is -2.20. The van der Waals surface area contributed by atoms with Gasteiger partial charge in [-0.3, -0.25) is 9.69 Å². The van der Waals surface area contributed by atoms with Crippen molar-refractivity contribution in [2.45, 2.75) is 56.8 Å². The number of piperidine rings is 1. The lowest BCUT2D eigenvalue weighted by molar-refractivity contribution is -0.192. The standard InChI is InChI=1S/C19H25FN2O.C2HF3O2/c20-17-6-2-15(3-7-17)14-22-11-1-8-19(22)9-12-21(13-10-19)18(23)16-4-5-16;3-2(4,5)1(6)7/h2-3,6-7,16H,1,4-5,8-14H2;(H,6,7). The minimum absolute atomic E-state index is 0.170. The minimum Gasteiger partial charge on any atom is -0.475 e. The van der Waals surface area contributed by atoms with Crippen LogP contribution in [0.3, 0.4) is 0 Å². The second kappa shape index (κ2) is 8.91. The zero-order chi connectivity index (χ0) is 21.9. The Bertz CT molecular complexity index is 755. The molecule has 4 rings (SSSR count). The topological polar surface area (TPSA) is 60.9 Å². The molecule has 3 aliphatic rings. The van der Waals surface area contributed by atoms with E-state index in [4.69, 9.17) is 9.90 Å². The molecule has 9 heteroatoms. The highest BCUT2D eigenvalue weighted by Crippen LogP contribution is 2.40. The van der Waals surface area contributed by atoms with E-state index in [1.807, 2.05) is 12.1 Å². The largest absolute Gasteiger partial charge is 0.490 e. The predicted octanol–water partition coefficient (Wildman–Crippen LogP) is 3.83. The molecule has 5 nitrogen and oxygen atoms in total. The highest BCUT2D eigenvalue weighted by molar-refractivity contribution is 5.81. The van der Waals surface area contributed by atoms with Crippen molar-refractivity contribution in [2.24, 2.45) is 5.92 Å². The Morgan fingerprint density at radius 1 is 1.03 bits per heavy atom. The van der Waals surface area contributed by atoms with E-state index in [9.17, 15) is 22.4 Å². The van der Waals surface area contributed by atoms with Crippen LogP contribution in [0, 0.1) is 11.7 Å². The summed E-state index contributed by atoms with van der Waals surface area (Å²) in [6.07, 6.45) is 1.76. The van der Waals surface area contributed by atoms with Crippen LogP contribution < -0.4 is 0 Å². The van der Waals surface area contributed by atoms with Gasteiger partial charge >= 0.3 is 12.1 Å². The molecule has 2 aliphatic heterocycles. The van der Waals surface area contributed by atoms with Gasteiger partial charge in [0.25, 0.3) is 0 Å². The van der Waals surface area contributed by atoms with Crippen molar-refractivity contribution in [1.82, 2.24) is 9.80 Å². The second-order valence-corrected chi connectivity index (χ2v) is 8.28. The maximum atomic E-state index is 13.1. The molecule has 1 N–H and O–H groups in total. The van der Waals surface area contributed by atoms with E-state index in [0.29, 0.717) is 11.8 Å². The molecule has 0 radical (unpaired) electrons. The average Bonchev–Trinajstić information content (AvgIpc) is 3.48. The van der Waals surface area contributed by atoms with E-state index in [-0.39, 0.29) is 11.4 Å². The molecule has 3 fully saturated rings.